The van der Waals surface area contributed by atoms with Crippen molar-refractivity contribution in [1.29, 1.82) is 0 Å². The molecule has 120 valence electrons. The summed E-state index contributed by atoms with van der Waals surface area (Å²) in [5, 5.41) is 0. The second kappa shape index (κ2) is 5.79. The summed E-state index contributed by atoms with van der Waals surface area (Å²) in [5.74, 6) is 0. The molecule has 0 saturated carbocycles. The number of aromatic nitrogens is 1. The van der Waals surface area contributed by atoms with E-state index in [1.807, 2.05) is 11.5 Å². The highest BCUT2D eigenvalue weighted by atomic mass is 79.9. The molecule has 0 saturated heterocycles. The normalized spacial score (nSPS) is 12.0. The number of fused-ring (bicyclic) bond motifs is 1. The molecule has 2 aromatic heterocycles. The van der Waals surface area contributed by atoms with Crippen molar-refractivity contribution in [3.05, 3.63) is 56.5 Å². The molecular weight excluding hydrogens is 391 g/mol. The predicted molar refractivity (Wildman–Crippen MR) is 88.2 cm³/mol. The van der Waals surface area contributed by atoms with Gasteiger partial charge in [0.25, 0.3) is 0 Å². The number of rotatable bonds is 3. The van der Waals surface area contributed by atoms with E-state index in [0.29, 0.717) is 17.8 Å². The summed E-state index contributed by atoms with van der Waals surface area (Å²) in [5.41, 5.74) is 1.43. The molecule has 0 atom stereocenters. The van der Waals surface area contributed by atoms with Gasteiger partial charge in [-0.25, -0.2) is 0 Å². The molecule has 0 aliphatic rings. The van der Waals surface area contributed by atoms with E-state index in [1.165, 1.54) is 12.1 Å². The third kappa shape index (κ3) is 2.95. The summed E-state index contributed by atoms with van der Waals surface area (Å²) < 4.78 is 41.6. The highest BCUT2D eigenvalue weighted by molar-refractivity contribution is 9.10. The van der Waals surface area contributed by atoms with Gasteiger partial charge < -0.3 is 4.57 Å². The van der Waals surface area contributed by atoms with E-state index >= 15 is 0 Å². The smallest absolute Gasteiger partial charge is 0.332 e. The van der Waals surface area contributed by atoms with Crippen LogP contribution in [0.25, 0.3) is 10.2 Å². The number of benzene rings is 1. The zero-order valence-corrected chi connectivity index (χ0v) is 14.3. The second-order valence-corrected chi connectivity index (χ2v) is 7.20. The molecule has 0 radical (unpaired) electrons. The Labute approximate surface area is 142 Å². The third-order valence-corrected chi connectivity index (χ3v) is 5.89. The lowest BCUT2D eigenvalue weighted by molar-refractivity contribution is -0.137. The van der Waals surface area contributed by atoms with Gasteiger partial charge in [-0.1, -0.05) is 12.1 Å². The number of hydrogen-bond acceptors (Lipinski definition) is 2. The Morgan fingerprint density at radius 3 is 2.48 bits per heavy atom. The van der Waals surface area contributed by atoms with E-state index in [9.17, 15) is 18.0 Å². The lowest BCUT2D eigenvalue weighted by Gasteiger charge is -2.10. The molecule has 0 spiro atoms. The number of thiophene rings is 1. The van der Waals surface area contributed by atoms with E-state index in [2.05, 4.69) is 15.9 Å². The Hall–Kier alpha value is -1.60. The van der Waals surface area contributed by atoms with Crippen LogP contribution < -0.4 is 0 Å². The molecule has 0 unspecified atom stereocenters. The zero-order valence-electron chi connectivity index (χ0n) is 11.9. The molecular formula is C16H11BrF3NOS. The Morgan fingerprint density at radius 1 is 1.26 bits per heavy atom. The molecule has 3 aromatic rings. The Bertz CT molecular complexity index is 877. The summed E-state index contributed by atoms with van der Waals surface area (Å²) in [4.78, 5) is 12.4. The van der Waals surface area contributed by atoms with E-state index in [4.69, 9.17) is 0 Å². The summed E-state index contributed by atoms with van der Waals surface area (Å²) in [7, 11) is 0. The Morgan fingerprint density at radius 2 is 1.91 bits per heavy atom. The fraction of sp³-hybridized carbons (Fsp3) is 0.188. The van der Waals surface area contributed by atoms with Crippen molar-refractivity contribution in [2.75, 3.05) is 0 Å². The Balaban J connectivity index is 2.02. The van der Waals surface area contributed by atoms with Gasteiger partial charge in [-0.15, -0.1) is 11.3 Å². The van der Waals surface area contributed by atoms with Crippen LogP contribution in [-0.2, 0) is 12.7 Å². The highest BCUT2D eigenvalue weighted by Gasteiger charge is 2.30. The lowest BCUT2D eigenvalue weighted by Crippen LogP contribution is -2.07. The van der Waals surface area contributed by atoms with E-state index in [1.54, 1.807) is 17.4 Å². The van der Waals surface area contributed by atoms with Crippen molar-refractivity contribution in [3.63, 3.8) is 0 Å². The number of halogens is 4. The van der Waals surface area contributed by atoms with Gasteiger partial charge in [-0.2, -0.15) is 13.2 Å². The van der Waals surface area contributed by atoms with Gasteiger partial charge in [0.05, 0.1) is 25.9 Å². The van der Waals surface area contributed by atoms with Crippen LogP contribution >= 0.6 is 27.3 Å². The lowest BCUT2D eigenvalue weighted by atomic mass is 10.1. The van der Waals surface area contributed by atoms with Crippen molar-refractivity contribution < 1.29 is 18.0 Å². The molecule has 3 rings (SSSR count). The van der Waals surface area contributed by atoms with Crippen molar-refractivity contribution in [2.45, 2.75) is 19.6 Å². The quantitative estimate of drug-likeness (QED) is 0.519. The molecule has 7 heteroatoms. The number of aldehydes is 1. The molecule has 0 amide bonds. The van der Waals surface area contributed by atoms with Crippen LogP contribution in [0.4, 0.5) is 13.2 Å². The third-order valence-electron chi connectivity index (χ3n) is 3.62. The molecule has 0 N–H and O–H groups in total. The molecule has 2 heterocycles. The minimum atomic E-state index is -4.35. The van der Waals surface area contributed by atoms with Crippen LogP contribution in [0.15, 0.2) is 34.8 Å². The van der Waals surface area contributed by atoms with Crippen LogP contribution in [-0.4, -0.2) is 10.9 Å². The largest absolute Gasteiger partial charge is 0.416 e. The molecule has 1 aromatic carbocycles. The van der Waals surface area contributed by atoms with E-state index < -0.39 is 11.7 Å². The first-order valence-electron chi connectivity index (χ1n) is 6.70. The number of carbonyl (C=O) groups excluding carboxylic acids is 1. The molecule has 2 nitrogen and oxygen atoms in total. The standard InChI is InChI=1S/C16H11BrF3NOS/c1-9-14(17)15-13(23-9)6-12(8-22)21(15)7-10-2-4-11(5-3-10)16(18,19)20/h2-6,8H,7H2,1H3. The number of carbonyl (C=O) groups is 1. The van der Waals surface area contributed by atoms with Crippen LogP contribution in [0.5, 0.6) is 0 Å². The summed E-state index contributed by atoms with van der Waals surface area (Å²) in [6.07, 6.45) is -3.58. The van der Waals surface area contributed by atoms with Gasteiger partial charge in [-0.05, 0) is 46.6 Å². The van der Waals surface area contributed by atoms with Gasteiger partial charge >= 0.3 is 6.18 Å². The SMILES string of the molecule is Cc1sc2cc(C=O)n(Cc3ccc(C(F)(F)F)cc3)c2c1Br. The molecule has 0 aliphatic heterocycles. The summed E-state index contributed by atoms with van der Waals surface area (Å²) in [6, 6.07) is 6.80. The first kappa shape index (κ1) is 16.3. The van der Waals surface area contributed by atoms with Gasteiger partial charge in [-0.3, -0.25) is 4.79 Å². The fourth-order valence-corrected chi connectivity index (χ4v) is 4.28. The molecule has 0 bridgehead atoms. The van der Waals surface area contributed by atoms with E-state index in [0.717, 1.165) is 38.0 Å². The number of nitrogens with zero attached hydrogens (tertiary/aromatic N) is 1. The predicted octanol–water partition coefficient (Wildman–Crippen LogP) is 5.65. The maximum Gasteiger partial charge on any atom is 0.416 e. The van der Waals surface area contributed by atoms with Gasteiger partial charge in [0.15, 0.2) is 6.29 Å². The summed E-state index contributed by atoms with van der Waals surface area (Å²) >= 11 is 5.09. The highest BCUT2D eigenvalue weighted by Crippen LogP contribution is 2.37. The van der Waals surface area contributed by atoms with Crippen molar-refractivity contribution >= 4 is 43.8 Å². The maximum atomic E-state index is 12.6. The first-order chi connectivity index (χ1) is 10.8. The first-order valence-corrected chi connectivity index (χ1v) is 8.31. The zero-order chi connectivity index (χ0) is 16.8. The summed E-state index contributed by atoms with van der Waals surface area (Å²) in [6.45, 7) is 2.31. The van der Waals surface area contributed by atoms with Gasteiger partial charge in [0.1, 0.15) is 0 Å². The van der Waals surface area contributed by atoms with E-state index in [-0.39, 0.29) is 0 Å². The topological polar surface area (TPSA) is 22.0 Å². The monoisotopic (exact) mass is 401 g/mol. The van der Waals surface area contributed by atoms with Crippen LogP contribution in [0.3, 0.4) is 0 Å². The van der Waals surface area contributed by atoms with Gasteiger partial charge in [0, 0.05) is 11.4 Å². The minimum absolute atomic E-state index is 0.338. The number of hydrogen-bond donors (Lipinski definition) is 0. The van der Waals surface area contributed by atoms with Crippen LogP contribution in [0, 0.1) is 6.92 Å². The second-order valence-electron chi connectivity index (χ2n) is 5.15. The minimum Gasteiger partial charge on any atom is -0.332 e. The van der Waals surface area contributed by atoms with Crippen LogP contribution in [0.1, 0.15) is 26.5 Å². The van der Waals surface area contributed by atoms with Crippen molar-refractivity contribution in [3.8, 4) is 0 Å². The average molecular weight is 402 g/mol. The molecule has 23 heavy (non-hydrogen) atoms. The Kier molecular flexibility index (Phi) is 4.10. The average Bonchev–Trinajstić information content (AvgIpc) is 2.96. The fourth-order valence-electron chi connectivity index (χ4n) is 2.47. The van der Waals surface area contributed by atoms with Crippen molar-refractivity contribution in [1.82, 2.24) is 4.57 Å². The van der Waals surface area contributed by atoms with Gasteiger partial charge in [0.2, 0.25) is 0 Å². The molecule has 0 fully saturated rings. The molecule has 0 aliphatic carbocycles. The van der Waals surface area contributed by atoms with Crippen LogP contribution in [0.2, 0.25) is 0 Å². The number of alkyl halides is 3. The maximum absolute atomic E-state index is 12.6. The van der Waals surface area contributed by atoms with Crippen molar-refractivity contribution in [2.24, 2.45) is 0 Å². The number of aryl methyl sites for hydroxylation is 1.